The number of aromatic amines is 1. The molecule has 0 aromatic carbocycles. The van der Waals surface area contributed by atoms with Crippen LogP contribution >= 0.6 is 0 Å². The van der Waals surface area contributed by atoms with Gasteiger partial charge in [-0.1, -0.05) is 20.4 Å². The fourth-order valence-corrected chi connectivity index (χ4v) is 3.45. The van der Waals surface area contributed by atoms with E-state index in [0.717, 1.165) is 29.7 Å². The Hall–Kier alpha value is -2.51. The molecule has 2 unspecified atom stereocenters. The lowest BCUT2D eigenvalue weighted by atomic mass is 9.90. The highest BCUT2D eigenvalue weighted by molar-refractivity contribution is 5.88. The monoisotopic (exact) mass is 391 g/mol. The molecule has 1 saturated carbocycles. The minimum Gasteiger partial charge on any atom is -0.365 e. The zero-order valence-electron chi connectivity index (χ0n) is 16.3. The molecule has 2 aliphatic rings. The van der Waals surface area contributed by atoms with Crippen LogP contribution in [0.2, 0.25) is 0 Å². The maximum Gasteiger partial charge on any atom is 0.248 e. The summed E-state index contributed by atoms with van der Waals surface area (Å²) in [5.74, 6) is -0.991. The van der Waals surface area contributed by atoms with Crippen molar-refractivity contribution in [1.82, 2.24) is 19.9 Å². The molecule has 2 aromatic rings. The van der Waals surface area contributed by atoms with Crippen LogP contribution in [0.3, 0.4) is 0 Å². The first-order valence-corrected chi connectivity index (χ1v) is 9.66. The van der Waals surface area contributed by atoms with Crippen LogP contribution in [0, 0.1) is 5.92 Å². The topological polar surface area (TPSA) is 73.9 Å². The first-order valence-electron chi connectivity index (χ1n) is 9.66. The molecule has 1 amide bonds. The van der Waals surface area contributed by atoms with Crippen LogP contribution in [0.15, 0.2) is 31.2 Å². The molecule has 152 valence electrons. The molecule has 1 saturated heterocycles. The van der Waals surface area contributed by atoms with Crippen molar-refractivity contribution in [2.24, 2.45) is 5.92 Å². The first kappa shape index (κ1) is 20.2. The van der Waals surface area contributed by atoms with Crippen molar-refractivity contribution < 1.29 is 13.6 Å². The second-order valence-corrected chi connectivity index (χ2v) is 7.74. The number of hydrogen-bond acceptors (Lipinski definition) is 4. The van der Waals surface area contributed by atoms with Gasteiger partial charge in [0.05, 0.1) is 5.39 Å². The number of alkyl halides is 2. The van der Waals surface area contributed by atoms with E-state index in [0.29, 0.717) is 12.5 Å². The minimum atomic E-state index is -2.25. The van der Waals surface area contributed by atoms with Gasteiger partial charge < -0.3 is 15.2 Å². The summed E-state index contributed by atoms with van der Waals surface area (Å²) in [6, 6.07) is 2.42. The van der Waals surface area contributed by atoms with Gasteiger partial charge >= 0.3 is 0 Å². The van der Waals surface area contributed by atoms with Crippen LogP contribution in [0.5, 0.6) is 0 Å². The molecular weight excluding hydrogens is 364 g/mol. The Morgan fingerprint density at radius 3 is 2.71 bits per heavy atom. The Morgan fingerprint density at radius 1 is 1.39 bits per heavy atom. The van der Waals surface area contributed by atoms with E-state index >= 15 is 0 Å². The van der Waals surface area contributed by atoms with Gasteiger partial charge in [-0.3, -0.25) is 4.79 Å². The molecule has 0 radical (unpaired) electrons. The smallest absolute Gasteiger partial charge is 0.248 e. The summed E-state index contributed by atoms with van der Waals surface area (Å²) >= 11 is 0. The summed E-state index contributed by atoms with van der Waals surface area (Å²) in [5.41, 5.74) is 0.817. The quantitative estimate of drug-likeness (QED) is 0.773. The number of anilines is 1. The lowest BCUT2D eigenvalue weighted by molar-refractivity contribution is -0.130. The minimum absolute atomic E-state index is 0.00433. The van der Waals surface area contributed by atoms with Gasteiger partial charge in [-0.2, -0.15) is 0 Å². The number of H-pyrrole nitrogens is 1. The Labute approximate surface area is 163 Å². The van der Waals surface area contributed by atoms with Gasteiger partial charge in [0.1, 0.15) is 17.8 Å². The van der Waals surface area contributed by atoms with E-state index in [-0.39, 0.29) is 30.8 Å². The van der Waals surface area contributed by atoms with Crippen molar-refractivity contribution in [1.29, 1.82) is 0 Å². The normalized spacial score (nSPS) is 23.1. The van der Waals surface area contributed by atoms with Gasteiger partial charge in [-0.25, -0.2) is 18.7 Å². The number of likely N-dealkylation sites (tertiary alicyclic amines) is 1. The number of nitrogens with zero attached hydrogens (tertiary/aromatic N) is 3. The van der Waals surface area contributed by atoms with Gasteiger partial charge in [-0.05, 0) is 30.9 Å². The van der Waals surface area contributed by atoms with Gasteiger partial charge in [-0.15, -0.1) is 0 Å². The summed E-state index contributed by atoms with van der Waals surface area (Å²) in [4.78, 5) is 25.8. The third-order valence-electron chi connectivity index (χ3n) is 5.18. The summed E-state index contributed by atoms with van der Waals surface area (Å²) in [6.07, 6.45) is 7.05. The van der Waals surface area contributed by atoms with Crippen molar-refractivity contribution in [3.63, 3.8) is 0 Å². The summed E-state index contributed by atoms with van der Waals surface area (Å²) in [5, 5.41) is 4.45. The van der Waals surface area contributed by atoms with E-state index in [2.05, 4.69) is 40.7 Å². The summed E-state index contributed by atoms with van der Waals surface area (Å²) in [7, 11) is 0. The zero-order chi connectivity index (χ0) is 20.3. The van der Waals surface area contributed by atoms with Gasteiger partial charge in [0.15, 0.2) is 0 Å². The molecule has 8 heteroatoms. The van der Waals surface area contributed by atoms with E-state index < -0.39 is 5.92 Å². The van der Waals surface area contributed by atoms with Crippen molar-refractivity contribution in [2.45, 2.75) is 57.5 Å². The lowest BCUT2D eigenvalue weighted by Gasteiger charge is -2.41. The highest BCUT2D eigenvalue weighted by atomic mass is 19.3. The number of nitrogens with one attached hydrogen (secondary N) is 2. The summed E-state index contributed by atoms with van der Waals surface area (Å²) in [6.45, 7) is 8.63. The molecule has 2 N–H and O–H groups in total. The molecule has 2 aromatic heterocycles. The fraction of sp³-hybridized carbons (Fsp3) is 0.550. The number of piperidine rings is 1. The highest BCUT2D eigenvalue weighted by Gasteiger charge is 2.43. The standard InChI is InChI=1S/C17H23N5O.C3H4F2/c1-4-15(23)22-9-12(5-6-14(22)11(2)3)21-17-13-7-8-18-16(13)19-10-20-17;4-3(5)1-2-3/h4,7-8,10-12,14H,1,5-6,9H2,2-3H3,(H2,18,19,20,21);1-2H2. The van der Waals surface area contributed by atoms with Crippen molar-refractivity contribution >= 4 is 22.8 Å². The Kier molecular flexibility index (Phi) is 5.96. The van der Waals surface area contributed by atoms with E-state index in [1.165, 1.54) is 6.08 Å². The number of aromatic nitrogens is 3. The predicted octanol–water partition coefficient (Wildman–Crippen LogP) is 3.99. The van der Waals surface area contributed by atoms with E-state index in [1.807, 2.05) is 17.2 Å². The summed E-state index contributed by atoms with van der Waals surface area (Å²) < 4.78 is 22.3. The van der Waals surface area contributed by atoms with Crippen LogP contribution in [0.25, 0.3) is 11.0 Å². The van der Waals surface area contributed by atoms with Crippen LogP contribution in [-0.4, -0.2) is 50.3 Å². The van der Waals surface area contributed by atoms with Gasteiger partial charge in [0.2, 0.25) is 11.8 Å². The molecular formula is C20H27F2N5O. The predicted molar refractivity (Wildman–Crippen MR) is 105 cm³/mol. The largest absolute Gasteiger partial charge is 0.365 e. The van der Waals surface area contributed by atoms with Gasteiger partial charge in [0, 0.05) is 37.7 Å². The van der Waals surface area contributed by atoms with Crippen LogP contribution in [-0.2, 0) is 4.79 Å². The van der Waals surface area contributed by atoms with Gasteiger partial charge in [0.25, 0.3) is 0 Å². The molecule has 2 fully saturated rings. The third-order valence-corrected chi connectivity index (χ3v) is 5.18. The highest BCUT2D eigenvalue weighted by Crippen LogP contribution is 2.40. The Morgan fingerprint density at radius 2 is 2.11 bits per heavy atom. The molecule has 0 spiro atoms. The molecule has 6 nitrogen and oxygen atoms in total. The van der Waals surface area contributed by atoms with Crippen molar-refractivity contribution in [3.8, 4) is 0 Å². The second kappa shape index (κ2) is 8.24. The van der Waals surface area contributed by atoms with Crippen LogP contribution in [0.1, 0.15) is 39.5 Å². The maximum atomic E-state index is 12.2. The fourth-order valence-electron chi connectivity index (χ4n) is 3.45. The van der Waals surface area contributed by atoms with E-state index in [9.17, 15) is 13.6 Å². The number of halogens is 2. The molecule has 1 aliphatic carbocycles. The zero-order valence-corrected chi connectivity index (χ0v) is 16.3. The molecule has 1 aliphatic heterocycles. The average molecular weight is 391 g/mol. The number of amides is 1. The van der Waals surface area contributed by atoms with E-state index in [4.69, 9.17) is 0 Å². The third kappa shape index (κ3) is 4.85. The lowest BCUT2D eigenvalue weighted by Crippen LogP contribution is -2.52. The Bertz CT molecular complexity index is 829. The molecule has 4 rings (SSSR count). The SMILES string of the molecule is C=CC(=O)N1CC(Nc2ncnc3[nH]ccc23)CCC1C(C)C.FC1(F)CC1. The van der Waals surface area contributed by atoms with Crippen molar-refractivity contribution in [2.75, 3.05) is 11.9 Å². The van der Waals surface area contributed by atoms with Crippen LogP contribution < -0.4 is 5.32 Å². The molecule has 3 heterocycles. The number of hydrogen-bond donors (Lipinski definition) is 2. The molecule has 2 atom stereocenters. The maximum absolute atomic E-state index is 12.2. The number of fused-ring (bicyclic) bond motifs is 1. The Balaban J connectivity index is 0.000000391. The van der Waals surface area contributed by atoms with Crippen LogP contribution in [0.4, 0.5) is 14.6 Å². The number of rotatable bonds is 4. The second-order valence-electron chi connectivity index (χ2n) is 7.74. The first-order chi connectivity index (χ1) is 13.3. The van der Waals surface area contributed by atoms with Crippen molar-refractivity contribution in [3.05, 3.63) is 31.2 Å². The number of carbonyl (C=O) groups is 1. The van der Waals surface area contributed by atoms with E-state index in [1.54, 1.807) is 6.33 Å². The average Bonchev–Trinajstić information content (AvgIpc) is 3.17. The molecule has 28 heavy (non-hydrogen) atoms. The molecule has 0 bridgehead atoms. The number of carbonyl (C=O) groups excluding carboxylic acids is 1.